The zero-order valence-corrected chi connectivity index (χ0v) is 10.7. The van der Waals surface area contributed by atoms with E-state index in [9.17, 15) is 4.79 Å². The molecule has 1 fully saturated rings. The highest BCUT2D eigenvalue weighted by Crippen LogP contribution is 2.22. The second-order valence-electron chi connectivity index (χ2n) is 4.25. The minimum absolute atomic E-state index is 0.199. The molecule has 1 N–H and O–H groups in total. The number of aryl methyl sites for hydroxylation is 2. The summed E-state index contributed by atoms with van der Waals surface area (Å²) in [6.45, 7) is 7.77. The standard InChI is InChI=1S/C12H18N2OS/c1-9-8-11(16-10(9)2)12(15)14-6-3-4-13-5-7-14/h8,13H,3-7H2,1-2H3. The average Bonchev–Trinajstić information content (AvgIpc) is 2.51. The van der Waals surface area contributed by atoms with Crippen molar-refractivity contribution in [2.75, 3.05) is 26.2 Å². The predicted molar refractivity (Wildman–Crippen MR) is 67.2 cm³/mol. The van der Waals surface area contributed by atoms with Gasteiger partial charge in [-0.15, -0.1) is 11.3 Å². The Hall–Kier alpha value is -0.870. The Morgan fingerprint density at radius 1 is 1.38 bits per heavy atom. The zero-order valence-electron chi connectivity index (χ0n) is 9.88. The topological polar surface area (TPSA) is 32.3 Å². The summed E-state index contributed by atoms with van der Waals surface area (Å²) < 4.78 is 0. The fourth-order valence-electron chi connectivity index (χ4n) is 1.88. The van der Waals surface area contributed by atoms with Crippen LogP contribution in [-0.2, 0) is 0 Å². The van der Waals surface area contributed by atoms with Crippen LogP contribution in [0, 0.1) is 13.8 Å². The molecule has 0 bridgehead atoms. The van der Waals surface area contributed by atoms with Crippen LogP contribution in [0.5, 0.6) is 0 Å². The molecule has 16 heavy (non-hydrogen) atoms. The van der Waals surface area contributed by atoms with Crippen molar-refractivity contribution in [2.24, 2.45) is 0 Å². The van der Waals surface area contributed by atoms with Crippen molar-refractivity contribution >= 4 is 17.2 Å². The van der Waals surface area contributed by atoms with Crippen molar-refractivity contribution in [2.45, 2.75) is 20.3 Å². The Morgan fingerprint density at radius 2 is 2.19 bits per heavy atom. The summed E-state index contributed by atoms with van der Waals surface area (Å²) in [5.41, 5.74) is 1.22. The Morgan fingerprint density at radius 3 is 2.88 bits per heavy atom. The van der Waals surface area contributed by atoms with E-state index in [1.54, 1.807) is 11.3 Å². The van der Waals surface area contributed by atoms with Crippen molar-refractivity contribution in [3.63, 3.8) is 0 Å². The molecule has 3 nitrogen and oxygen atoms in total. The molecule has 0 radical (unpaired) electrons. The predicted octanol–water partition coefficient (Wildman–Crippen LogP) is 1.80. The van der Waals surface area contributed by atoms with Crippen LogP contribution < -0.4 is 5.32 Å². The number of hydrogen-bond acceptors (Lipinski definition) is 3. The van der Waals surface area contributed by atoms with Gasteiger partial charge in [-0.3, -0.25) is 4.79 Å². The van der Waals surface area contributed by atoms with E-state index >= 15 is 0 Å². The second-order valence-corrected chi connectivity index (χ2v) is 5.50. The number of amides is 1. The first kappa shape index (κ1) is 11.6. The monoisotopic (exact) mass is 238 g/mol. The van der Waals surface area contributed by atoms with Crippen LogP contribution >= 0.6 is 11.3 Å². The maximum atomic E-state index is 12.2. The minimum Gasteiger partial charge on any atom is -0.337 e. The van der Waals surface area contributed by atoms with Crippen molar-refractivity contribution in [3.05, 3.63) is 21.4 Å². The van der Waals surface area contributed by atoms with Crippen LogP contribution in [0.3, 0.4) is 0 Å². The van der Waals surface area contributed by atoms with Gasteiger partial charge in [-0.25, -0.2) is 0 Å². The molecule has 1 aliphatic rings. The van der Waals surface area contributed by atoms with E-state index < -0.39 is 0 Å². The normalized spacial score (nSPS) is 17.2. The van der Waals surface area contributed by atoms with Crippen LogP contribution in [-0.4, -0.2) is 37.0 Å². The van der Waals surface area contributed by atoms with E-state index in [1.807, 2.05) is 11.0 Å². The Labute approximate surface area is 100 Å². The molecule has 0 saturated carbocycles. The summed E-state index contributed by atoms with van der Waals surface area (Å²) >= 11 is 1.61. The van der Waals surface area contributed by atoms with Crippen LogP contribution in [0.1, 0.15) is 26.5 Å². The molecule has 1 aromatic heterocycles. The van der Waals surface area contributed by atoms with Gasteiger partial charge in [0.25, 0.3) is 5.91 Å². The van der Waals surface area contributed by atoms with E-state index in [-0.39, 0.29) is 5.91 Å². The largest absolute Gasteiger partial charge is 0.337 e. The third-order valence-electron chi connectivity index (χ3n) is 3.00. The quantitative estimate of drug-likeness (QED) is 0.809. The third kappa shape index (κ3) is 2.44. The van der Waals surface area contributed by atoms with Crippen molar-refractivity contribution in [1.29, 1.82) is 0 Å². The molecule has 0 atom stereocenters. The van der Waals surface area contributed by atoms with E-state index in [2.05, 4.69) is 19.2 Å². The van der Waals surface area contributed by atoms with E-state index in [1.165, 1.54) is 10.4 Å². The summed E-state index contributed by atoms with van der Waals surface area (Å²) in [5.74, 6) is 0.199. The van der Waals surface area contributed by atoms with Gasteiger partial charge in [0.05, 0.1) is 4.88 Å². The number of nitrogens with zero attached hydrogens (tertiary/aromatic N) is 1. The Kier molecular flexibility index (Phi) is 3.61. The van der Waals surface area contributed by atoms with Gasteiger partial charge in [-0.2, -0.15) is 0 Å². The first-order chi connectivity index (χ1) is 7.68. The molecular weight excluding hydrogens is 220 g/mol. The maximum Gasteiger partial charge on any atom is 0.263 e. The number of nitrogens with one attached hydrogen (secondary N) is 1. The van der Waals surface area contributed by atoms with Crippen LogP contribution in [0.4, 0.5) is 0 Å². The molecule has 1 aliphatic heterocycles. The fourth-order valence-corrected chi connectivity index (χ4v) is 2.89. The van der Waals surface area contributed by atoms with Gasteiger partial charge >= 0.3 is 0 Å². The van der Waals surface area contributed by atoms with Crippen molar-refractivity contribution in [3.8, 4) is 0 Å². The fraction of sp³-hybridized carbons (Fsp3) is 0.583. The van der Waals surface area contributed by atoms with Crippen LogP contribution in [0.2, 0.25) is 0 Å². The van der Waals surface area contributed by atoms with Gasteiger partial charge in [0.1, 0.15) is 0 Å². The minimum atomic E-state index is 0.199. The van der Waals surface area contributed by atoms with Gasteiger partial charge in [0.15, 0.2) is 0 Å². The lowest BCUT2D eigenvalue weighted by Crippen LogP contribution is -2.33. The highest BCUT2D eigenvalue weighted by atomic mass is 32.1. The average molecular weight is 238 g/mol. The molecule has 88 valence electrons. The summed E-state index contributed by atoms with van der Waals surface area (Å²) in [7, 11) is 0. The maximum absolute atomic E-state index is 12.2. The number of thiophene rings is 1. The number of carbonyl (C=O) groups is 1. The first-order valence-electron chi connectivity index (χ1n) is 5.75. The Bertz CT molecular complexity index is 359. The van der Waals surface area contributed by atoms with Gasteiger partial charge < -0.3 is 10.2 Å². The van der Waals surface area contributed by atoms with Crippen molar-refractivity contribution in [1.82, 2.24) is 10.2 Å². The van der Waals surface area contributed by atoms with Crippen LogP contribution in [0.25, 0.3) is 0 Å². The lowest BCUT2D eigenvalue weighted by molar-refractivity contribution is 0.0771. The molecule has 4 heteroatoms. The summed E-state index contributed by atoms with van der Waals surface area (Å²) in [6.07, 6.45) is 1.05. The first-order valence-corrected chi connectivity index (χ1v) is 6.57. The molecule has 2 heterocycles. The van der Waals surface area contributed by atoms with Gasteiger partial charge in [0.2, 0.25) is 0 Å². The van der Waals surface area contributed by atoms with Gasteiger partial charge in [-0.05, 0) is 38.4 Å². The number of rotatable bonds is 1. The molecule has 1 aromatic rings. The van der Waals surface area contributed by atoms with E-state index in [0.717, 1.165) is 37.5 Å². The molecule has 0 aliphatic carbocycles. The molecule has 0 unspecified atom stereocenters. The van der Waals surface area contributed by atoms with Crippen molar-refractivity contribution < 1.29 is 4.79 Å². The highest BCUT2D eigenvalue weighted by Gasteiger charge is 2.19. The van der Waals surface area contributed by atoms with Gasteiger partial charge in [-0.1, -0.05) is 0 Å². The number of hydrogen-bond donors (Lipinski definition) is 1. The molecule has 2 rings (SSSR count). The summed E-state index contributed by atoms with van der Waals surface area (Å²) in [4.78, 5) is 16.3. The van der Waals surface area contributed by atoms with Crippen LogP contribution in [0.15, 0.2) is 6.07 Å². The third-order valence-corrected chi connectivity index (χ3v) is 4.14. The highest BCUT2D eigenvalue weighted by molar-refractivity contribution is 7.14. The second kappa shape index (κ2) is 4.97. The SMILES string of the molecule is Cc1cc(C(=O)N2CCCNCC2)sc1C. The lowest BCUT2D eigenvalue weighted by atomic mass is 10.2. The summed E-state index contributed by atoms with van der Waals surface area (Å²) in [6, 6.07) is 2.01. The molecule has 1 saturated heterocycles. The van der Waals surface area contributed by atoms with E-state index in [0.29, 0.717) is 0 Å². The summed E-state index contributed by atoms with van der Waals surface area (Å²) in [5, 5.41) is 3.31. The molecule has 1 amide bonds. The molecule has 0 aromatic carbocycles. The van der Waals surface area contributed by atoms with Gasteiger partial charge in [0, 0.05) is 24.5 Å². The zero-order chi connectivity index (χ0) is 11.5. The van der Waals surface area contributed by atoms with E-state index in [4.69, 9.17) is 0 Å². The Balaban J connectivity index is 2.11. The smallest absolute Gasteiger partial charge is 0.263 e. The molecule has 0 spiro atoms. The number of carbonyl (C=O) groups excluding carboxylic acids is 1. The lowest BCUT2D eigenvalue weighted by Gasteiger charge is -2.18. The molecular formula is C12H18N2OS.